The average molecular weight is 303 g/mol. The van der Waals surface area contributed by atoms with Crippen molar-refractivity contribution in [3.8, 4) is 0 Å². The molecule has 1 amide bonds. The zero-order valence-electron chi connectivity index (χ0n) is 13.2. The summed E-state index contributed by atoms with van der Waals surface area (Å²) < 4.78 is 4.82. The largest absolute Gasteiger partial charge is 0.449 e. The van der Waals surface area contributed by atoms with Crippen LogP contribution in [0, 0.1) is 5.92 Å². The lowest BCUT2D eigenvalue weighted by molar-refractivity contribution is -0.127. The van der Waals surface area contributed by atoms with Gasteiger partial charge in [-0.3, -0.25) is 4.79 Å². The van der Waals surface area contributed by atoms with Crippen molar-refractivity contribution in [2.75, 3.05) is 6.61 Å². The summed E-state index contributed by atoms with van der Waals surface area (Å²) in [4.78, 5) is 23.7. The van der Waals surface area contributed by atoms with Crippen molar-refractivity contribution >= 4 is 11.9 Å². The van der Waals surface area contributed by atoms with E-state index in [1.165, 1.54) is 6.42 Å². The lowest BCUT2D eigenvalue weighted by atomic mass is 9.65. The number of nitrogens with two attached hydrogens (primary N) is 1. The highest BCUT2D eigenvalue weighted by atomic mass is 16.5. The van der Waals surface area contributed by atoms with E-state index in [9.17, 15) is 9.59 Å². The monoisotopic (exact) mass is 303 g/mol. The van der Waals surface area contributed by atoms with E-state index in [-0.39, 0.29) is 23.7 Å². The van der Waals surface area contributed by atoms with Gasteiger partial charge in [0.2, 0.25) is 0 Å². The van der Waals surface area contributed by atoms with Crippen LogP contribution in [0.2, 0.25) is 0 Å². The minimum atomic E-state index is -0.783. The molecule has 1 atom stereocenters. The number of primary amides is 1. The average Bonchev–Trinajstić information content (AvgIpc) is 2.54. The van der Waals surface area contributed by atoms with Gasteiger partial charge in [0.05, 0.1) is 12.0 Å². The Balaban J connectivity index is 2.12. The summed E-state index contributed by atoms with van der Waals surface area (Å²) in [6.45, 7) is 2.12. The molecule has 0 radical (unpaired) electrons. The number of hydrogen-bond acceptors (Lipinski definition) is 3. The first-order valence-corrected chi connectivity index (χ1v) is 8.05. The molecule has 0 spiro atoms. The molecule has 1 saturated carbocycles. The maximum Gasteiger partial charge on any atom is 0.404 e. The number of ketones is 1. The smallest absolute Gasteiger partial charge is 0.404 e. The van der Waals surface area contributed by atoms with E-state index in [0.29, 0.717) is 6.42 Å². The van der Waals surface area contributed by atoms with Gasteiger partial charge in [0, 0.05) is 6.42 Å². The van der Waals surface area contributed by atoms with E-state index in [1.807, 2.05) is 25.1 Å². The van der Waals surface area contributed by atoms with E-state index in [4.69, 9.17) is 10.5 Å². The number of amides is 1. The molecule has 0 bridgehead atoms. The van der Waals surface area contributed by atoms with Crippen LogP contribution in [0.4, 0.5) is 4.79 Å². The SMILES string of the molecule is CC(COC(N)=O)CC(=O)C1(c2ccccc2)CCCCC1. The van der Waals surface area contributed by atoms with Gasteiger partial charge < -0.3 is 10.5 Å². The molecule has 1 aromatic carbocycles. The van der Waals surface area contributed by atoms with Crippen LogP contribution in [-0.4, -0.2) is 18.5 Å². The molecular weight excluding hydrogens is 278 g/mol. The number of hydrogen-bond donors (Lipinski definition) is 1. The number of rotatable bonds is 6. The minimum Gasteiger partial charge on any atom is -0.449 e. The lowest BCUT2D eigenvalue weighted by Crippen LogP contribution is -2.39. The molecule has 0 heterocycles. The molecule has 4 nitrogen and oxygen atoms in total. The Morgan fingerprint density at radius 3 is 2.41 bits per heavy atom. The first-order chi connectivity index (χ1) is 10.5. The van der Waals surface area contributed by atoms with Gasteiger partial charge in [0.15, 0.2) is 0 Å². The third kappa shape index (κ3) is 3.87. The van der Waals surface area contributed by atoms with Gasteiger partial charge in [-0.2, -0.15) is 0 Å². The molecular formula is C18H25NO3. The molecule has 22 heavy (non-hydrogen) atoms. The molecule has 1 fully saturated rings. The minimum absolute atomic E-state index is 0.0116. The third-order valence-corrected chi connectivity index (χ3v) is 4.61. The van der Waals surface area contributed by atoms with E-state index in [2.05, 4.69) is 12.1 Å². The number of carbonyl (C=O) groups excluding carboxylic acids is 2. The Kier molecular flexibility index (Phi) is 5.58. The fraction of sp³-hybridized carbons (Fsp3) is 0.556. The van der Waals surface area contributed by atoms with Crippen molar-refractivity contribution in [3.63, 3.8) is 0 Å². The standard InChI is InChI=1S/C18H25NO3/c1-14(13-22-17(19)21)12-16(20)18(10-6-3-7-11-18)15-8-4-2-5-9-15/h2,4-5,8-9,14H,3,6-7,10-13H2,1H3,(H2,19,21). The van der Waals surface area contributed by atoms with Crippen molar-refractivity contribution in [1.29, 1.82) is 0 Å². The molecule has 1 unspecified atom stereocenters. The zero-order valence-corrected chi connectivity index (χ0v) is 13.2. The second kappa shape index (κ2) is 7.43. The highest BCUT2D eigenvalue weighted by Crippen LogP contribution is 2.41. The highest BCUT2D eigenvalue weighted by Gasteiger charge is 2.40. The van der Waals surface area contributed by atoms with Crippen LogP contribution >= 0.6 is 0 Å². The second-order valence-electron chi connectivity index (χ2n) is 6.37. The first-order valence-electron chi connectivity index (χ1n) is 8.05. The van der Waals surface area contributed by atoms with Gasteiger partial charge in [-0.25, -0.2) is 4.79 Å². The molecule has 0 aliphatic heterocycles. The van der Waals surface area contributed by atoms with Crippen molar-refractivity contribution in [3.05, 3.63) is 35.9 Å². The number of benzene rings is 1. The third-order valence-electron chi connectivity index (χ3n) is 4.61. The van der Waals surface area contributed by atoms with Crippen molar-refractivity contribution in [2.45, 2.75) is 50.9 Å². The number of carbonyl (C=O) groups is 2. The van der Waals surface area contributed by atoms with Crippen molar-refractivity contribution < 1.29 is 14.3 Å². The van der Waals surface area contributed by atoms with Crippen LogP contribution in [0.5, 0.6) is 0 Å². The highest BCUT2D eigenvalue weighted by molar-refractivity contribution is 5.90. The van der Waals surface area contributed by atoms with Crippen molar-refractivity contribution in [2.24, 2.45) is 11.7 Å². The van der Waals surface area contributed by atoms with E-state index in [1.54, 1.807) is 0 Å². The Morgan fingerprint density at radius 2 is 1.82 bits per heavy atom. The van der Waals surface area contributed by atoms with Gasteiger partial charge in [-0.15, -0.1) is 0 Å². The quantitative estimate of drug-likeness (QED) is 0.873. The van der Waals surface area contributed by atoms with Crippen molar-refractivity contribution in [1.82, 2.24) is 0 Å². The summed E-state index contributed by atoms with van der Waals surface area (Å²) in [5.74, 6) is 0.251. The molecule has 1 aliphatic rings. The molecule has 1 aliphatic carbocycles. The lowest BCUT2D eigenvalue weighted by Gasteiger charge is -2.37. The summed E-state index contributed by atoms with van der Waals surface area (Å²) >= 11 is 0. The number of Topliss-reactive ketones (excluding diaryl/α,β-unsaturated/α-hetero) is 1. The summed E-state index contributed by atoms with van der Waals surface area (Å²) in [6, 6.07) is 10.1. The molecule has 2 N–H and O–H groups in total. The van der Waals surface area contributed by atoms with Crippen LogP contribution < -0.4 is 5.73 Å². The Bertz CT molecular complexity index is 506. The topological polar surface area (TPSA) is 69.4 Å². The molecule has 0 aromatic heterocycles. The van der Waals surface area contributed by atoms with Crippen LogP contribution in [0.25, 0.3) is 0 Å². The van der Waals surface area contributed by atoms with Gasteiger partial charge in [-0.05, 0) is 24.3 Å². The van der Waals surface area contributed by atoms with Crippen LogP contribution in [-0.2, 0) is 14.9 Å². The normalized spacial score (nSPS) is 18.4. The summed E-state index contributed by atoms with van der Waals surface area (Å²) in [6.07, 6.45) is 4.84. The van der Waals surface area contributed by atoms with E-state index < -0.39 is 6.09 Å². The van der Waals surface area contributed by atoms with E-state index >= 15 is 0 Å². The van der Waals surface area contributed by atoms with Crippen LogP contribution in [0.3, 0.4) is 0 Å². The van der Waals surface area contributed by atoms with Gasteiger partial charge in [0.1, 0.15) is 5.78 Å². The molecule has 2 rings (SSSR count). The Morgan fingerprint density at radius 1 is 1.18 bits per heavy atom. The van der Waals surface area contributed by atoms with Crippen LogP contribution in [0.15, 0.2) is 30.3 Å². The maximum atomic E-state index is 13.0. The molecule has 0 saturated heterocycles. The summed E-state index contributed by atoms with van der Waals surface area (Å²) in [5.41, 5.74) is 5.75. The Hall–Kier alpha value is -1.84. The summed E-state index contributed by atoms with van der Waals surface area (Å²) in [5, 5.41) is 0. The zero-order chi connectivity index (χ0) is 16.0. The predicted octanol–water partition coefficient (Wildman–Crippen LogP) is 3.58. The van der Waals surface area contributed by atoms with Gasteiger partial charge in [-0.1, -0.05) is 56.5 Å². The van der Waals surface area contributed by atoms with Crippen LogP contribution in [0.1, 0.15) is 51.0 Å². The fourth-order valence-corrected chi connectivity index (χ4v) is 3.44. The first kappa shape index (κ1) is 16.5. The van der Waals surface area contributed by atoms with Gasteiger partial charge >= 0.3 is 6.09 Å². The Labute approximate surface area is 132 Å². The molecule has 1 aromatic rings. The predicted molar refractivity (Wildman–Crippen MR) is 85.5 cm³/mol. The summed E-state index contributed by atoms with van der Waals surface area (Å²) in [7, 11) is 0. The maximum absolute atomic E-state index is 13.0. The van der Waals surface area contributed by atoms with Gasteiger partial charge in [0.25, 0.3) is 0 Å². The second-order valence-corrected chi connectivity index (χ2v) is 6.37. The fourth-order valence-electron chi connectivity index (χ4n) is 3.44. The van der Waals surface area contributed by atoms with E-state index in [0.717, 1.165) is 31.2 Å². The molecule has 120 valence electrons. The number of ether oxygens (including phenoxy) is 1. The molecule has 4 heteroatoms.